The molecule has 2 rings (SSSR count). The second-order valence-corrected chi connectivity index (χ2v) is 7.68. The lowest BCUT2D eigenvalue weighted by atomic mass is 10.2. The van der Waals surface area contributed by atoms with Crippen LogP contribution in [-0.4, -0.2) is 50.9 Å². The maximum absolute atomic E-state index is 12.2. The molecule has 0 aromatic heterocycles. The molecule has 0 aliphatic carbocycles. The van der Waals surface area contributed by atoms with Gasteiger partial charge in [-0.05, 0) is 44.0 Å². The highest BCUT2D eigenvalue weighted by molar-refractivity contribution is 7.89. The summed E-state index contributed by atoms with van der Waals surface area (Å²) in [4.78, 5) is 26.0. The lowest BCUT2D eigenvalue weighted by Gasteiger charge is -2.20. The van der Waals surface area contributed by atoms with Crippen molar-refractivity contribution in [3.05, 3.63) is 29.8 Å². The predicted octanol–water partition coefficient (Wildman–Crippen LogP) is 1.05. The second-order valence-electron chi connectivity index (χ2n) is 5.91. The van der Waals surface area contributed by atoms with Gasteiger partial charge in [-0.1, -0.05) is 0 Å². The molecule has 1 heterocycles. The number of likely N-dealkylation sites (tertiary alicyclic amines) is 1. The maximum atomic E-state index is 12.2. The molecule has 1 aliphatic heterocycles. The number of hydrogen-bond donors (Lipinski definition) is 1. The first-order valence-electron chi connectivity index (χ1n) is 8.31. The Balaban J connectivity index is 1.97. The number of ether oxygens (including phenoxy) is 1. The average molecular weight is 379 g/mol. The van der Waals surface area contributed by atoms with Crippen molar-refractivity contribution in [2.75, 3.05) is 19.6 Å². The molecule has 140 valence electrons. The van der Waals surface area contributed by atoms with Crippen LogP contribution in [0, 0.1) is 11.3 Å². The first-order valence-corrected chi connectivity index (χ1v) is 9.80. The minimum absolute atomic E-state index is 0.0127. The average Bonchev–Trinajstić information content (AvgIpc) is 3.15. The van der Waals surface area contributed by atoms with E-state index in [0.29, 0.717) is 13.1 Å². The Labute approximate surface area is 152 Å². The van der Waals surface area contributed by atoms with Crippen LogP contribution in [-0.2, 0) is 19.6 Å². The smallest absolute Gasteiger partial charge is 0.338 e. The minimum atomic E-state index is -3.74. The molecule has 0 radical (unpaired) electrons. The number of nitrogens with one attached hydrogen (secondary N) is 1. The van der Waals surface area contributed by atoms with Gasteiger partial charge in [0.1, 0.15) is 0 Å². The zero-order valence-corrected chi connectivity index (χ0v) is 15.3. The molecule has 1 fully saturated rings. The molecule has 9 heteroatoms. The third-order valence-electron chi connectivity index (χ3n) is 3.98. The van der Waals surface area contributed by atoms with Crippen molar-refractivity contribution in [3.8, 4) is 6.07 Å². The summed E-state index contributed by atoms with van der Waals surface area (Å²) in [5, 5.41) is 8.45. The van der Waals surface area contributed by atoms with E-state index in [-0.39, 0.29) is 29.3 Å². The van der Waals surface area contributed by atoms with Crippen LogP contribution in [0.25, 0.3) is 0 Å². The van der Waals surface area contributed by atoms with Crippen LogP contribution in [0.5, 0.6) is 0 Å². The monoisotopic (exact) mass is 379 g/mol. The van der Waals surface area contributed by atoms with Crippen LogP contribution in [0.15, 0.2) is 29.2 Å². The third kappa shape index (κ3) is 5.03. The van der Waals surface area contributed by atoms with Gasteiger partial charge in [0.25, 0.3) is 5.91 Å². The van der Waals surface area contributed by atoms with Crippen molar-refractivity contribution in [1.82, 2.24) is 9.62 Å². The topological polar surface area (TPSA) is 117 Å². The van der Waals surface area contributed by atoms with Crippen LogP contribution >= 0.6 is 0 Å². The van der Waals surface area contributed by atoms with Crippen LogP contribution in [0.4, 0.5) is 0 Å². The molecule has 0 unspecified atom stereocenters. The molecule has 1 aromatic carbocycles. The molecule has 1 aliphatic rings. The van der Waals surface area contributed by atoms with E-state index < -0.39 is 22.1 Å². The molecule has 0 bridgehead atoms. The quantitative estimate of drug-likeness (QED) is 0.559. The number of nitrogens with zero attached hydrogens (tertiary/aromatic N) is 2. The van der Waals surface area contributed by atoms with Gasteiger partial charge in [-0.15, -0.1) is 0 Å². The van der Waals surface area contributed by atoms with Gasteiger partial charge in [-0.25, -0.2) is 17.9 Å². The number of rotatable bonds is 7. The summed E-state index contributed by atoms with van der Waals surface area (Å²) in [6, 6.07) is 7.05. The van der Waals surface area contributed by atoms with Crippen LogP contribution in [0.2, 0.25) is 0 Å². The van der Waals surface area contributed by atoms with Gasteiger partial charge in [0.15, 0.2) is 6.10 Å². The van der Waals surface area contributed by atoms with Gasteiger partial charge < -0.3 is 9.64 Å². The molecule has 1 atom stereocenters. The fourth-order valence-corrected chi connectivity index (χ4v) is 3.60. The number of sulfonamides is 1. The molecular formula is C17H21N3O5S. The van der Waals surface area contributed by atoms with E-state index in [9.17, 15) is 18.0 Å². The van der Waals surface area contributed by atoms with Gasteiger partial charge in [0, 0.05) is 26.1 Å². The van der Waals surface area contributed by atoms with Gasteiger partial charge in [0.2, 0.25) is 10.0 Å². The third-order valence-corrected chi connectivity index (χ3v) is 5.46. The highest BCUT2D eigenvalue weighted by Crippen LogP contribution is 2.14. The van der Waals surface area contributed by atoms with Gasteiger partial charge in [0.05, 0.1) is 16.5 Å². The normalized spacial score (nSPS) is 15.3. The number of benzene rings is 1. The minimum Gasteiger partial charge on any atom is -0.449 e. The van der Waals surface area contributed by atoms with Crippen molar-refractivity contribution in [2.45, 2.75) is 37.2 Å². The Morgan fingerprint density at radius 3 is 2.46 bits per heavy atom. The molecule has 1 N–H and O–H groups in total. The second kappa shape index (κ2) is 8.78. The van der Waals surface area contributed by atoms with E-state index in [1.165, 1.54) is 31.2 Å². The number of nitriles is 1. The molecule has 0 saturated carbocycles. The van der Waals surface area contributed by atoms with E-state index in [1.54, 1.807) is 4.90 Å². The van der Waals surface area contributed by atoms with E-state index in [1.807, 2.05) is 6.07 Å². The number of esters is 1. The molecular weight excluding hydrogens is 358 g/mol. The lowest BCUT2D eigenvalue weighted by molar-refractivity contribution is -0.138. The molecule has 1 saturated heterocycles. The van der Waals surface area contributed by atoms with E-state index in [2.05, 4.69) is 4.72 Å². The van der Waals surface area contributed by atoms with Gasteiger partial charge >= 0.3 is 5.97 Å². The van der Waals surface area contributed by atoms with E-state index in [0.717, 1.165) is 12.8 Å². The largest absolute Gasteiger partial charge is 0.449 e. The Morgan fingerprint density at radius 2 is 1.88 bits per heavy atom. The summed E-state index contributed by atoms with van der Waals surface area (Å²) in [5.74, 6) is -0.914. The first kappa shape index (κ1) is 19.9. The summed E-state index contributed by atoms with van der Waals surface area (Å²) < 4.78 is 31.5. The highest BCUT2D eigenvalue weighted by atomic mass is 32.2. The SMILES string of the molecule is C[C@H](OC(=O)c1ccc(S(=O)(=O)NCCC#N)cc1)C(=O)N1CCCC1. The molecule has 1 amide bonds. The summed E-state index contributed by atoms with van der Waals surface area (Å²) in [6.45, 7) is 2.88. The fourth-order valence-electron chi connectivity index (χ4n) is 2.57. The zero-order valence-electron chi connectivity index (χ0n) is 14.5. The van der Waals surface area contributed by atoms with Crippen LogP contribution < -0.4 is 4.72 Å². The van der Waals surface area contributed by atoms with Crippen molar-refractivity contribution in [1.29, 1.82) is 5.26 Å². The van der Waals surface area contributed by atoms with Crippen molar-refractivity contribution < 1.29 is 22.7 Å². The van der Waals surface area contributed by atoms with Crippen molar-refractivity contribution in [2.24, 2.45) is 0 Å². The maximum Gasteiger partial charge on any atom is 0.338 e. The van der Waals surface area contributed by atoms with Gasteiger partial charge in [-0.2, -0.15) is 5.26 Å². The summed E-state index contributed by atoms with van der Waals surface area (Å²) in [6.07, 6.45) is 1.07. The summed E-state index contributed by atoms with van der Waals surface area (Å²) in [7, 11) is -3.74. The number of amides is 1. The Hall–Kier alpha value is -2.44. The standard InChI is InChI=1S/C17H21N3O5S/c1-13(16(21)20-11-2-3-12-20)25-17(22)14-5-7-15(8-6-14)26(23,24)19-10-4-9-18/h5-8,13,19H,2-4,10-12H2,1H3/t13-/m0/s1. The first-order chi connectivity index (χ1) is 12.3. The zero-order chi connectivity index (χ0) is 19.2. The number of carbonyl (C=O) groups excluding carboxylic acids is 2. The lowest BCUT2D eigenvalue weighted by Crippen LogP contribution is -2.38. The molecule has 0 spiro atoms. The van der Waals surface area contributed by atoms with Crippen molar-refractivity contribution >= 4 is 21.9 Å². The number of hydrogen-bond acceptors (Lipinski definition) is 6. The van der Waals surface area contributed by atoms with E-state index >= 15 is 0 Å². The molecule has 1 aromatic rings. The summed E-state index contributed by atoms with van der Waals surface area (Å²) >= 11 is 0. The Kier molecular flexibility index (Phi) is 6.71. The Morgan fingerprint density at radius 1 is 1.27 bits per heavy atom. The highest BCUT2D eigenvalue weighted by Gasteiger charge is 2.26. The molecule has 26 heavy (non-hydrogen) atoms. The Bertz CT molecular complexity index is 793. The van der Waals surface area contributed by atoms with Crippen LogP contribution in [0.1, 0.15) is 36.5 Å². The predicted molar refractivity (Wildman–Crippen MR) is 92.6 cm³/mol. The van der Waals surface area contributed by atoms with Crippen LogP contribution in [0.3, 0.4) is 0 Å². The molecule has 8 nitrogen and oxygen atoms in total. The number of carbonyl (C=O) groups is 2. The van der Waals surface area contributed by atoms with Crippen molar-refractivity contribution in [3.63, 3.8) is 0 Å². The van der Waals surface area contributed by atoms with E-state index in [4.69, 9.17) is 10.00 Å². The summed E-state index contributed by atoms with van der Waals surface area (Å²) in [5.41, 5.74) is 0.155. The van der Waals surface area contributed by atoms with Gasteiger partial charge in [-0.3, -0.25) is 4.79 Å². The fraction of sp³-hybridized carbons (Fsp3) is 0.471.